The van der Waals surface area contributed by atoms with E-state index in [1.807, 2.05) is 35.1 Å². The summed E-state index contributed by atoms with van der Waals surface area (Å²) >= 11 is 0. The van der Waals surface area contributed by atoms with Crippen molar-refractivity contribution in [2.75, 3.05) is 31.7 Å². The molecule has 0 bridgehead atoms. The quantitative estimate of drug-likeness (QED) is 0.481. The molecular weight excluding hydrogens is 426 g/mol. The van der Waals surface area contributed by atoms with E-state index in [1.165, 1.54) is 12.7 Å². The highest BCUT2D eigenvalue weighted by Gasteiger charge is 2.20. The summed E-state index contributed by atoms with van der Waals surface area (Å²) in [6, 6.07) is 12.5. The number of hydrogen-bond donors (Lipinski definition) is 1. The zero-order chi connectivity index (χ0) is 22.3. The van der Waals surface area contributed by atoms with Crippen LogP contribution in [0.25, 0.3) is 16.9 Å². The Balaban J connectivity index is 1.39. The van der Waals surface area contributed by atoms with Gasteiger partial charge in [-0.1, -0.05) is 18.2 Å². The first-order valence-corrected chi connectivity index (χ1v) is 12.4. The third kappa shape index (κ3) is 4.23. The highest BCUT2D eigenvalue weighted by molar-refractivity contribution is 7.90. The molecule has 1 unspecified atom stereocenters. The van der Waals surface area contributed by atoms with Crippen LogP contribution in [-0.2, 0) is 16.4 Å². The minimum Gasteiger partial charge on any atom is -0.320 e. The van der Waals surface area contributed by atoms with Crippen molar-refractivity contribution in [2.45, 2.75) is 17.9 Å². The van der Waals surface area contributed by atoms with Crippen LogP contribution in [-0.4, -0.2) is 64.1 Å². The Morgan fingerprint density at radius 2 is 2.03 bits per heavy atom. The van der Waals surface area contributed by atoms with Crippen molar-refractivity contribution in [2.24, 2.45) is 5.92 Å². The molecule has 0 saturated carbocycles. The summed E-state index contributed by atoms with van der Waals surface area (Å²) in [5.74, 6) is 1.07. The Morgan fingerprint density at radius 1 is 1.19 bits per heavy atom. The molecule has 1 N–H and O–H groups in total. The second kappa shape index (κ2) is 8.03. The topological polar surface area (TPSA) is 97.4 Å². The smallest absolute Gasteiger partial charge is 0.247 e. The molecule has 0 spiro atoms. The molecule has 0 amide bonds. The number of likely N-dealkylation sites (tertiary alicyclic amines) is 1. The zero-order valence-electron chi connectivity index (χ0n) is 18.0. The summed E-state index contributed by atoms with van der Waals surface area (Å²) in [5, 5.41) is 12.3. The number of fused-ring (bicyclic) bond motifs is 1. The average Bonchev–Trinajstić information content (AvgIpc) is 3.47. The number of nitrogens with zero attached hydrogens (tertiary/aromatic N) is 6. The number of aromatic nitrogens is 5. The van der Waals surface area contributed by atoms with Crippen molar-refractivity contribution < 1.29 is 8.42 Å². The van der Waals surface area contributed by atoms with E-state index in [4.69, 9.17) is 0 Å². The first-order chi connectivity index (χ1) is 15.3. The second-order valence-electron chi connectivity index (χ2n) is 8.41. The van der Waals surface area contributed by atoms with Gasteiger partial charge in [-0.15, -0.1) is 5.10 Å². The SMILES string of the molecule is CN1CCC(Cn2cc(Nc3nc4cccc(-c5cccc(S(C)(=O)=O)c5)n4n3)cn2)C1. The van der Waals surface area contributed by atoms with E-state index < -0.39 is 9.84 Å². The lowest BCUT2D eigenvalue weighted by Crippen LogP contribution is -2.17. The molecule has 0 aliphatic carbocycles. The van der Waals surface area contributed by atoms with Crippen LogP contribution in [0.3, 0.4) is 0 Å². The Bertz CT molecular complexity index is 1380. The minimum atomic E-state index is -3.30. The summed E-state index contributed by atoms with van der Waals surface area (Å²) < 4.78 is 27.6. The van der Waals surface area contributed by atoms with Crippen LogP contribution in [0.4, 0.5) is 11.6 Å². The second-order valence-corrected chi connectivity index (χ2v) is 10.4. The molecule has 1 atom stereocenters. The fourth-order valence-corrected chi connectivity index (χ4v) is 4.83. The van der Waals surface area contributed by atoms with Crippen LogP contribution in [0.1, 0.15) is 6.42 Å². The number of rotatable bonds is 6. The summed E-state index contributed by atoms with van der Waals surface area (Å²) in [6.07, 6.45) is 6.15. The lowest BCUT2D eigenvalue weighted by atomic mass is 10.1. The normalized spacial score (nSPS) is 17.2. The molecule has 4 aromatic rings. The highest BCUT2D eigenvalue weighted by atomic mass is 32.2. The van der Waals surface area contributed by atoms with E-state index in [2.05, 4.69) is 32.4 Å². The van der Waals surface area contributed by atoms with E-state index in [1.54, 1.807) is 28.9 Å². The monoisotopic (exact) mass is 451 g/mol. The molecule has 1 fully saturated rings. The van der Waals surface area contributed by atoms with Gasteiger partial charge in [0.2, 0.25) is 5.95 Å². The van der Waals surface area contributed by atoms with Crippen LogP contribution in [0.2, 0.25) is 0 Å². The lowest BCUT2D eigenvalue weighted by Gasteiger charge is -2.09. The Labute approximate surface area is 186 Å². The maximum Gasteiger partial charge on any atom is 0.247 e. The molecule has 9 nitrogen and oxygen atoms in total. The summed E-state index contributed by atoms with van der Waals surface area (Å²) in [7, 11) is -1.15. The van der Waals surface area contributed by atoms with Gasteiger partial charge < -0.3 is 10.2 Å². The van der Waals surface area contributed by atoms with Crippen molar-refractivity contribution in [3.8, 4) is 11.3 Å². The van der Waals surface area contributed by atoms with Gasteiger partial charge in [0.25, 0.3) is 0 Å². The van der Waals surface area contributed by atoms with E-state index in [0.717, 1.165) is 36.6 Å². The van der Waals surface area contributed by atoms with E-state index in [0.29, 0.717) is 17.5 Å². The number of hydrogen-bond acceptors (Lipinski definition) is 7. The zero-order valence-corrected chi connectivity index (χ0v) is 18.8. The van der Waals surface area contributed by atoms with Gasteiger partial charge in [-0.2, -0.15) is 10.1 Å². The summed E-state index contributed by atoms with van der Waals surface area (Å²) in [4.78, 5) is 7.18. The number of pyridine rings is 1. The van der Waals surface area contributed by atoms with Crippen LogP contribution < -0.4 is 5.32 Å². The molecule has 32 heavy (non-hydrogen) atoms. The van der Waals surface area contributed by atoms with Crippen LogP contribution in [0, 0.1) is 5.92 Å². The van der Waals surface area contributed by atoms with Gasteiger partial charge in [0.15, 0.2) is 15.5 Å². The van der Waals surface area contributed by atoms with Crippen molar-refractivity contribution in [1.82, 2.24) is 29.3 Å². The predicted octanol–water partition coefficient (Wildman–Crippen LogP) is 2.69. The molecule has 166 valence electrons. The van der Waals surface area contributed by atoms with Gasteiger partial charge in [-0.05, 0) is 50.2 Å². The van der Waals surface area contributed by atoms with Gasteiger partial charge in [-0.3, -0.25) is 4.68 Å². The summed E-state index contributed by atoms with van der Waals surface area (Å²) in [5.41, 5.74) is 3.00. The van der Waals surface area contributed by atoms with Crippen molar-refractivity contribution in [3.05, 3.63) is 54.9 Å². The average molecular weight is 452 g/mol. The molecule has 1 aliphatic rings. The van der Waals surface area contributed by atoms with E-state index >= 15 is 0 Å². The van der Waals surface area contributed by atoms with Gasteiger partial charge in [-0.25, -0.2) is 12.9 Å². The fraction of sp³-hybridized carbons (Fsp3) is 0.318. The van der Waals surface area contributed by atoms with Gasteiger partial charge >= 0.3 is 0 Å². The molecule has 3 aromatic heterocycles. The maximum atomic E-state index is 12.0. The standard InChI is InChI=1S/C22H25N7O2S/c1-27-10-9-16(13-27)14-28-15-18(12-23-28)24-22-25-21-8-4-7-20(29(21)26-22)17-5-3-6-19(11-17)32(2,30)31/h3-8,11-12,15-16H,9-10,13-14H2,1-2H3,(H,24,26). The molecule has 1 saturated heterocycles. The molecular formula is C22H25N7O2S. The summed E-state index contributed by atoms with van der Waals surface area (Å²) in [6.45, 7) is 3.13. The molecule has 5 rings (SSSR count). The van der Waals surface area contributed by atoms with Crippen molar-refractivity contribution in [3.63, 3.8) is 0 Å². The highest BCUT2D eigenvalue weighted by Crippen LogP contribution is 2.24. The lowest BCUT2D eigenvalue weighted by molar-refractivity contribution is 0.370. The number of nitrogens with one attached hydrogen (secondary N) is 1. The minimum absolute atomic E-state index is 0.270. The van der Waals surface area contributed by atoms with Crippen LogP contribution in [0.15, 0.2) is 59.8 Å². The Hall–Kier alpha value is -3.24. The largest absolute Gasteiger partial charge is 0.320 e. The molecule has 1 aromatic carbocycles. The van der Waals surface area contributed by atoms with Gasteiger partial charge in [0, 0.05) is 31.1 Å². The van der Waals surface area contributed by atoms with Crippen molar-refractivity contribution in [1.29, 1.82) is 0 Å². The predicted molar refractivity (Wildman–Crippen MR) is 123 cm³/mol. The Morgan fingerprint density at radius 3 is 2.81 bits per heavy atom. The molecule has 4 heterocycles. The number of benzene rings is 1. The van der Waals surface area contributed by atoms with Gasteiger partial charge in [0.05, 0.1) is 22.5 Å². The van der Waals surface area contributed by atoms with Crippen LogP contribution in [0.5, 0.6) is 0 Å². The van der Waals surface area contributed by atoms with Gasteiger partial charge in [0.1, 0.15) is 0 Å². The van der Waals surface area contributed by atoms with Crippen LogP contribution >= 0.6 is 0 Å². The van der Waals surface area contributed by atoms with E-state index in [-0.39, 0.29) is 4.90 Å². The van der Waals surface area contributed by atoms with E-state index in [9.17, 15) is 8.42 Å². The first kappa shape index (κ1) is 20.7. The molecule has 1 aliphatic heterocycles. The number of anilines is 2. The third-order valence-electron chi connectivity index (χ3n) is 5.74. The first-order valence-electron chi connectivity index (χ1n) is 10.5. The van der Waals surface area contributed by atoms with Crippen molar-refractivity contribution >= 4 is 27.1 Å². The fourth-order valence-electron chi connectivity index (χ4n) is 4.16. The number of sulfone groups is 1. The third-order valence-corrected chi connectivity index (χ3v) is 6.85. The molecule has 0 radical (unpaired) electrons. The maximum absolute atomic E-state index is 12.0. The molecule has 10 heteroatoms. The Kier molecular flexibility index (Phi) is 5.18.